The Hall–Kier alpha value is -4.24. The Kier molecular flexibility index (Phi) is 7.21. The zero-order valence-corrected chi connectivity index (χ0v) is 23.2. The molecule has 0 saturated carbocycles. The number of hydrogen-bond donors (Lipinski definition) is 1. The third kappa shape index (κ3) is 4.93. The molecule has 6 rings (SSSR count). The summed E-state index contributed by atoms with van der Waals surface area (Å²) in [5, 5.41) is 7.81. The van der Waals surface area contributed by atoms with Gasteiger partial charge in [-0.3, -0.25) is 14.5 Å². The molecule has 40 heavy (non-hydrogen) atoms. The van der Waals surface area contributed by atoms with Crippen LogP contribution in [0.25, 0.3) is 16.9 Å². The lowest BCUT2D eigenvalue weighted by molar-refractivity contribution is -0.122. The highest BCUT2D eigenvalue weighted by molar-refractivity contribution is 8.00. The second-order valence-electron chi connectivity index (χ2n) is 9.83. The number of anilines is 1. The second-order valence-corrected chi connectivity index (χ2v) is 10.9. The first kappa shape index (κ1) is 26.0. The molecule has 0 aliphatic carbocycles. The number of aromatic nitrogens is 2. The van der Waals surface area contributed by atoms with Gasteiger partial charge in [-0.25, -0.2) is 4.68 Å². The molecule has 0 radical (unpaired) electrons. The molecular weight excluding hydrogens is 524 g/mol. The molecule has 0 bridgehead atoms. The Balaban J connectivity index is 1.59. The normalized spacial score (nSPS) is 16.0. The van der Waals surface area contributed by atoms with Crippen LogP contribution in [0.5, 0.6) is 11.5 Å². The fourth-order valence-electron chi connectivity index (χ4n) is 5.00. The van der Waals surface area contributed by atoms with Crippen LogP contribution < -0.4 is 19.7 Å². The van der Waals surface area contributed by atoms with E-state index in [2.05, 4.69) is 5.32 Å². The van der Waals surface area contributed by atoms with Gasteiger partial charge in [0.15, 0.2) is 11.5 Å². The van der Waals surface area contributed by atoms with E-state index in [1.54, 1.807) is 4.90 Å². The Morgan fingerprint density at radius 2 is 1.82 bits per heavy atom. The van der Waals surface area contributed by atoms with Crippen LogP contribution in [0.4, 0.5) is 5.82 Å². The number of amides is 2. The van der Waals surface area contributed by atoms with Crippen molar-refractivity contribution in [2.45, 2.75) is 25.5 Å². The van der Waals surface area contributed by atoms with Crippen LogP contribution in [-0.4, -0.2) is 47.2 Å². The summed E-state index contributed by atoms with van der Waals surface area (Å²) in [5.74, 6) is 1.84. The number of ether oxygens (including phenoxy) is 2. The minimum Gasteiger partial charge on any atom is -0.454 e. The van der Waals surface area contributed by atoms with E-state index in [1.165, 1.54) is 11.8 Å². The molecule has 3 aromatic carbocycles. The van der Waals surface area contributed by atoms with Gasteiger partial charge in [0.1, 0.15) is 12.4 Å². The van der Waals surface area contributed by atoms with Crippen molar-refractivity contribution < 1.29 is 19.1 Å². The van der Waals surface area contributed by atoms with E-state index in [-0.39, 0.29) is 36.2 Å². The summed E-state index contributed by atoms with van der Waals surface area (Å²) >= 11 is 1.53. The van der Waals surface area contributed by atoms with Crippen molar-refractivity contribution in [1.29, 1.82) is 0 Å². The van der Waals surface area contributed by atoms with E-state index in [9.17, 15) is 9.59 Å². The van der Waals surface area contributed by atoms with Crippen molar-refractivity contribution in [1.82, 2.24) is 15.1 Å². The summed E-state index contributed by atoms with van der Waals surface area (Å²) in [6.07, 6.45) is 0.812. The predicted octanol–water partition coefficient (Wildman–Crippen LogP) is 5.27. The average molecular weight is 555 g/mol. The smallest absolute Gasteiger partial charge is 0.240 e. The first-order chi connectivity index (χ1) is 19.5. The molecule has 3 heterocycles. The molecule has 1 N–H and O–H groups in total. The lowest BCUT2D eigenvalue weighted by Gasteiger charge is -2.23. The molecule has 1 unspecified atom stereocenters. The Labute approximate surface area is 237 Å². The van der Waals surface area contributed by atoms with Gasteiger partial charge in [-0.15, -0.1) is 11.8 Å². The Morgan fingerprint density at radius 3 is 2.60 bits per heavy atom. The summed E-state index contributed by atoms with van der Waals surface area (Å²) in [5.41, 5.74) is 5.48. The van der Waals surface area contributed by atoms with Crippen LogP contribution >= 0.6 is 11.8 Å². The van der Waals surface area contributed by atoms with Gasteiger partial charge < -0.3 is 14.8 Å². The summed E-state index contributed by atoms with van der Waals surface area (Å²) in [4.78, 5) is 28.4. The van der Waals surface area contributed by atoms with Crippen molar-refractivity contribution >= 4 is 29.4 Å². The van der Waals surface area contributed by atoms with Gasteiger partial charge in [0.05, 0.1) is 22.4 Å². The molecule has 4 aromatic rings. The zero-order valence-electron chi connectivity index (χ0n) is 22.4. The van der Waals surface area contributed by atoms with Crippen LogP contribution in [-0.2, 0) is 9.59 Å². The van der Waals surface area contributed by atoms with E-state index in [0.29, 0.717) is 23.9 Å². The monoisotopic (exact) mass is 554 g/mol. The first-order valence-electron chi connectivity index (χ1n) is 13.4. The number of hydrogen-bond acceptors (Lipinski definition) is 6. The standard InChI is InChI=1S/C31H30N4O4S/c1-3-15-32-26(36)17-34-27(37)18-40-30(22-11-14-24-25(16-22)39-19-38-24)28-29(21-7-5-4-6-8-21)33-35(31(28)34)23-12-9-20(2)10-13-23/h4-14,16,30H,3,15,17-19H2,1-2H3,(H,32,36). The van der Waals surface area contributed by atoms with Crippen molar-refractivity contribution in [3.63, 3.8) is 0 Å². The molecule has 2 aliphatic rings. The number of carbonyl (C=O) groups is 2. The van der Waals surface area contributed by atoms with Crippen LogP contribution in [0, 0.1) is 6.92 Å². The number of nitrogens with one attached hydrogen (secondary N) is 1. The third-order valence-electron chi connectivity index (χ3n) is 6.99. The third-order valence-corrected chi connectivity index (χ3v) is 8.24. The number of carbonyl (C=O) groups excluding carboxylic acids is 2. The molecule has 9 heteroatoms. The van der Waals surface area contributed by atoms with Crippen molar-refractivity contribution in [3.05, 3.63) is 89.5 Å². The maximum absolute atomic E-state index is 13.8. The lowest BCUT2D eigenvalue weighted by atomic mass is 9.99. The van der Waals surface area contributed by atoms with Crippen LogP contribution in [0.15, 0.2) is 72.8 Å². The molecule has 204 valence electrons. The van der Waals surface area contributed by atoms with Crippen molar-refractivity contribution in [2.75, 3.05) is 30.5 Å². The first-order valence-corrected chi connectivity index (χ1v) is 14.4. The molecular formula is C31H30N4O4S. The summed E-state index contributed by atoms with van der Waals surface area (Å²) in [7, 11) is 0. The van der Waals surface area contributed by atoms with Crippen molar-refractivity contribution in [3.8, 4) is 28.4 Å². The van der Waals surface area contributed by atoms with Gasteiger partial charge in [0.2, 0.25) is 18.6 Å². The van der Waals surface area contributed by atoms with Crippen molar-refractivity contribution in [2.24, 2.45) is 0 Å². The zero-order chi connectivity index (χ0) is 27.6. The maximum Gasteiger partial charge on any atom is 0.240 e. The molecule has 1 atom stereocenters. The largest absolute Gasteiger partial charge is 0.454 e. The topological polar surface area (TPSA) is 85.7 Å². The number of benzene rings is 3. The number of nitrogens with zero attached hydrogens (tertiary/aromatic N) is 3. The van der Waals surface area contributed by atoms with Crippen LogP contribution in [0.1, 0.15) is 35.3 Å². The molecule has 0 saturated heterocycles. The summed E-state index contributed by atoms with van der Waals surface area (Å²) in [6.45, 7) is 4.67. The highest BCUT2D eigenvalue weighted by Gasteiger charge is 2.38. The number of rotatable bonds is 7. The number of thioether (sulfide) groups is 1. The van der Waals surface area contributed by atoms with E-state index >= 15 is 0 Å². The maximum atomic E-state index is 13.8. The highest BCUT2D eigenvalue weighted by Crippen LogP contribution is 2.50. The fraction of sp³-hybridized carbons (Fsp3) is 0.258. The van der Waals surface area contributed by atoms with E-state index < -0.39 is 0 Å². The molecule has 2 aliphatic heterocycles. The molecule has 1 aromatic heterocycles. The highest BCUT2D eigenvalue weighted by atomic mass is 32.2. The molecule has 0 fully saturated rings. The molecule has 8 nitrogen and oxygen atoms in total. The summed E-state index contributed by atoms with van der Waals surface area (Å²) < 4.78 is 13.1. The average Bonchev–Trinajstić information content (AvgIpc) is 3.57. The predicted molar refractivity (Wildman–Crippen MR) is 156 cm³/mol. The van der Waals surface area contributed by atoms with Gasteiger partial charge in [-0.05, 0) is 43.2 Å². The Bertz CT molecular complexity index is 1550. The second kappa shape index (κ2) is 11.1. The quantitative estimate of drug-likeness (QED) is 0.335. The SMILES string of the molecule is CCCNC(=O)CN1C(=O)CSC(c2ccc3c(c2)OCO3)c2c(-c3ccccc3)nn(-c3ccc(C)cc3)c21. The van der Waals surface area contributed by atoms with Crippen LogP contribution in [0.2, 0.25) is 0 Å². The van der Waals surface area contributed by atoms with E-state index in [4.69, 9.17) is 14.6 Å². The molecule has 2 amide bonds. The Morgan fingerprint density at radius 1 is 1.05 bits per heavy atom. The number of aryl methyl sites for hydroxylation is 1. The van der Waals surface area contributed by atoms with Gasteiger partial charge >= 0.3 is 0 Å². The molecule has 0 spiro atoms. The van der Waals surface area contributed by atoms with E-state index in [1.807, 2.05) is 91.3 Å². The van der Waals surface area contributed by atoms with Gasteiger partial charge in [-0.2, -0.15) is 5.10 Å². The minimum absolute atomic E-state index is 0.0912. The van der Waals surface area contributed by atoms with Gasteiger partial charge in [0.25, 0.3) is 0 Å². The van der Waals surface area contributed by atoms with E-state index in [0.717, 1.165) is 40.1 Å². The van der Waals surface area contributed by atoms with Gasteiger partial charge in [-0.1, -0.05) is 61.0 Å². The summed E-state index contributed by atoms with van der Waals surface area (Å²) in [6, 6.07) is 23.9. The number of fused-ring (bicyclic) bond motifs is 2. The van der Waals surface area contributed by atoms with Crippen LogP contribution in [0.3, 0.4) is 0 Å². The van der Waals surface area contributed by atoms with Gasteiger partial charge in [0, 0.05) is 17.7 Å². The fourth-order valence-corrected chi connectivity index (χ4v) is 6.19. The minimum atomic E-state index is -0.244. The lowest BCUT2D eigenvalue weighted by Crippen LogP contribution is -2.42.